The molecule has 1 atom stereocenters. The van der Waals surface area contributed by atoms with Crippen LogP contribution >= 0.6 is 0 Å². The van der Waals surface area contributed by atoms with E-state index in [-0.39, 0.29) is 12.2 Å². The van der Waals surface area contributed by atoms with E-state index in [2.05, 4.69) is 4.98 Å². The van der Waals surface area contributed by atoms with Crippen LogP contribution in [0.1, 0.15) is 5.56 Å². The molecule has 13 heavy (non-hydrogen) atoms. The van der Waals surface area contributed by atoms with Crippen molar-refractivity contribution in [1.29, 1.82) is 0 Å². The Morgan fingerprint density at radius 3 is 2.85 bits per heavy atom. The molecule has 0 bridgehead atoms. The molecule has 1 rings (SSSR count). The number of nitrogens with two attached hydrogens (primary N) is 1. The molecule has 0 spiro atoms. The van der Waals surface area contributed by atoms with Gasteiger partial charge in [0.15, 0.2) is 0 Å². The van der Waals surface area contributed by atoms with Crippen molar-refractivity contribution < 1.29 is 15.0 Å². The van der Waals surface area contributed by atoms with Gasteiger partial charge in [0.25, 0.3) is 0 Å². The van der Waals surface area contributed by atoms with Crippen LogP contribution < -0.4 is 5.73 Å². The Morgan fingerprint density at radius 1 is 1.62 bits per heavy atom. The highest BCUT2D eigenvalue weighted by Gasteiger charge is 2.12. The molecule has 0 saturated carbocycles. The highest BCUT2D eigenvalue weighted by Crippen LogP contribution is 2.09. The third-order valence-corrected chi connectivity index (χ3v) is 1.55. The van der Waals surface area contributed by atoms with Crippen LogP contribution in [0.15, 0.2) is 18.5 Å². The van der Waals surface area contributed by atoms with Crippen molar-refractivity contribution in [2.24, 2.45) is 5.73 Å². The van der Waals surface area contributed by atoms with Crippen molar-refractivity contribution in [3.63, 3.8) is 0 Å². The summed E-state index contributed by atoms with van der Waals surface area (Å²) in [6.45, 7) is 0. The summed E-state index contributed by atoms with van der Waals surface area (Å²) in [6.07, 6.45) is 2.91. The number of carboxylic acids is 1. The fraction of sp³-hybridized carbons (Fsp3) is 0.250. The lowest BCUT2D eigenvalue weighted by Gasteiger charge is -2.05. The smallest absolute Gasteiger partial charge is 0.320 e. The van der Waals surface area contributed by atoms with Gasteiger partial charge in [0.2, 0.25) is 0 Å². The monoisotopic (exact) mass is 182 g/mol. The molecule has 70 valence electrons. The Hall–Kier alpha value is -1.62. The van der Waals surface area contributed by atoms with E-state index in [0.29, 0.717) is 5.56 Å². The molecular weight excluding hydrogens is 172 g/mol. The first-order valence-corrected chi connectivity index (χ1v) is 3.71. The van der Waals surface area contributed by atoms with Gasteiger partial charge in [0, 0.05) is 6.20 Å². The van der Waals surface area contributed by atoms with Crippen molar-refractivity contribution in [2.75, 3.05) is 0 Å². The third-order valence-electron chi connectivity index (χ3n) is 1.55. The van der Waals surface area contributed by atoms with Crippen LogP contribution in [0.5, 0.6) is 5.75 Å². The number of pyridine rings is 1. The van der Waals surface area contributed by atoms with E-state index < -0.39 is 12.0 Å². The molecule has 0 saturated heterocycles. The number of nitrogens with zero attached hydrogens (tertiary/aromatic N) is 1. The maximum absolute atomic E-state index is 10.4. The predicted octanol–water partition coefficient (Wildman–Crippen LogP) is -0.258. The van der Waals surface area contributed by atoms with Crippen LogP contribution in [0.4, 0.5) is 0 Å². The molecule has 5 nitrogen and oxygen atoms in total. The second-order valence-electron chi connectivity index (χ2n) is 2.70. The normalized spacial score (nSPS) is 12.4. The van der Waals surface area contributed by atoms with E-state index in [9.17, 15) is 4.79 Å². The van der Waals surface area contributed by atoms with Gasteiger partial charge >= 0.3 is 5.97 Å². The summed E-state index contributed by atoms with van der Waals surface area (Å²) in [4.78, 5) is 14.1. The van der Waals surface area contributed by atoms with E-state index >= 15 is 0 Å². The van der Waals surface area contributed by atoms with E-state index in [4.69, 9.17) is 15.9 Å². The van der Waals surface area contributed by atoms with Crippen molar-refractivity contribution in [3.8, 4) is 5.75 Å². The molecule has 0 aliphatic rings. The number of hydrogen-bond donors (Lipinski definition) is 3. The maximum atomic E-state index is 10.4. The number of aromatic nitrogens is 1. The summed E-state index contributed by atoms with van der Waals surface area (Å²) in [6, 6.07) is 0.485. The summed E-state index contributed by atoms with van der Waals surface area (Å²) >= 11 is 0. The molecule has 1 heterocycles. The number of carboxylic acid groups (broad SMARTS) is 1. The minimum absolute atomic E-state index is 0.00934. The van der Waals surface area contributed by atoms with Crippen LogP contribution in [0, 0.1) is 0 Å². The summed E-state index contributed by atoms with van der Waals surface area (Å²) in [7, 11) is 0. The van der Waals surface area contributed by atoms with Gasteiger partial charge in [0.1, 0.15) is 11.8 Å². The summed E-state index contributed by atoms with van der Waals surface area (Å²) < 4.78 is 0. The molecule has 0 fully saturated rings. The summed E-state index contributed by atoms with van der Waals surface area (Å²) in [5.41, 5.74) is 5.90. The zero-order valence-electron chi connectivity index (χ0n) is 6.84. The number of carbonyl (C=O) groups is 1. The zero-order valence-corrected chi connectivity index (χ0v) is 6.84. The number of hydrogen-bond acceptors (Lipinski definition) is 4. The van der Waals surface area contributed by atoms with Gasteiger partial charge in [-0.1, -0.05) is 0 Å². The number of rotatable bonds is 3. The minimum Gasteiger partial charge on any atom is -0.506 e. The fourth-order valence-electron chi connectivity index (χ4n) is 0.927. The first-order valence-electron chi connectivity index (χ1n) is 3.71. The largest absolute Gasteiger partial charge is 0.506 e. The average Bonchev–Trinajstić information content (AvgIpc) is 2.04. The molecular formula is C8H10N2O3. The Bertz CT molecular complexity index is 314. The highest BCUT2D eigenvalue weighted by molar-refractivity contribution is 5.73. The van der Waals surface area contributed by atoms with Gasteiger partial charge in [-0.25, -0.2) is 0 Å². The van der Waals surface area contributed by atoms with E-state index in [1.807, 2.05) is 0 Å². The fourth-order valence-corrected chi connectivity index (χ4v) is 0.927. The predicted molar refractivity (Wildman–Crippen MR) is 45.2 cm³/mol. The van der Waals surface area contributed by atoms with Gasteiger partial charge in [-0.2, -0.15) is 0 Å². The first kappa shape index (κ1) is 9.47. The standard InChI is InChI=1S/C8H10N2O3/c9-7(8(12)13)2-5-1-6(11)4-10-3-5/h1,3-4,7,11H,2,9H2,(H,12,13)/t7-/m0/s1. The van der Waals surface area contributed by atoms with Gasteiger partial charge in [-0.15, -0.1) is 0 Å². The molecule has 0 amide bonds. The topological polar surface area (TPSA) is 96.4 Å². The Morgan fingerprint density at radius 2 is 2.31 bits per heavy atom. The lowest BCUT2D eigenvalue weighted by atomic mass is 10.1. The van der Waals surface area contributed by atoms with Gasteiger partial charge in [-0.05, 0) is 18.1 Å². The molecule has 0 radical (unpaired) electrons. The lowest BCUT2D eigenvalue weighted by Crippen LogP contribution is -2.32. The second kappa shape index (κ2) is 3.86. The van der Waals surface area contributed by atoms with Crippen molar-refractivity contribution >= 4 is 5.97 Å². The molecule has 5 heteroatoms. The zero-order chi connectivity index (χ0) is 9.84. The van der Waals surface area contributed by atoms with Crippen LogP contribution in [0.3, 0.4) is 0 Å². The molecule has 4 N–H and O–H groups in total. The van der Waals surface area contributed by atoms with Crippen molar-refractivity contribution in [1.82, 2.24) is 4.98 Å². The maximum Gasteiger partial charge on any atom is 0.320 e. The summed E-state index contributed by atoms with van der Waals surface area (Å²) in [5, 5.41) is 17.5. The molecule has 0 aromatic carbocycles. The lowest BCUT2D eigenvalue weighted by molar-refractivity contribution is -0.138. The van der Waals surface area contributed by atoms with Crippen LogP contribution in [0.25, 0.3) is 0 Å². The molecule has 1 aromatic rings. The SMILES string of the molecule is N[C@@H](Cc1cncc(O)c1)C(=O)O. The Balaban J connectivity index is 2.69. The van der Waals surface area contributed by atoms with Crippen LogP contribution in [0.2, 0.25) is 0 Å². The number of aromatic hydroxyl groups is 1. The van der Waals surface area contributed by atoms with E-state index in [0.717, 1.165) is 0 Å². The molecule has 0 aliphatic heterocycles. The molecule has 0 aliphatic carbocycles. The van der Waals surface area contributed by atoms with Gasteiger partial charge in [0.05, 0.1) is 6.20 Å². The van der Waals surface area contributed by atoms with Gasteiger partial charge in [-0.3, -0.25) is 9.78 Å². The average molecular weight is 182 g/mol. The van der Waals surface area contributed by atoms with E-state index in [1.54, 1.807) is 0 Å². The minimum atomic E-state index is -1.07. The van der Waals surface area contributed by atoms with Gasteiger partial charge < -0.3 is 15.9 Å². The second-order valence-corrected chi connectivity index (χ2v) is 2.70. The Kier molecular flexibility index (Phi) is 2.81. The first-order chi connectivity index (χ1) is 6.09. The molecule has 0 unspecified atom stereocenters. The van der Waals surface area contributed by atoms with E-state index in [1.165, 1.54) is 18.5 Å². The molecule has 1 aromatic heterocycles. The van der Waals surface area contributed by atoms with Crippen LogP contribution in [-0.2, 0) is 11.2 Å². The number of aliphatic carboxylic acids is 1. The highest BCUT2D eigenvalue weighted by atomic mass is 16.4. The Labute approximate surface area is 74.8 Å². The van der Waals surface area contributed by atoms with Crippen molar-refractivity contribution in [3.05, 3.63) is 24.0 Å². The van der Waals surface area contributed by atoms with Crippen LogP contribution in [-0.4, -0.2) is 27.2 Å². The quantitative estimate of drug-likeness (QED) is 0.598. The third kappa shape index (κ3) is 2.72. The summed E-state index contributed by atoms with van der Waals surface area (Å²) in [5.74, 6) is -1.06. The van der Waals surface area contributed by atoms with Crippen molar-refractivity contribution in [2.45, 2.75) is 12.5 Å².